The van der Waals surface area contributed by atoms with Gasteiger partial charge in [-0.2, -0.15) is 0 Å². The number of piperidine rings is 1. The first-order chi connectivity index (χ1) is 7.79. The van der Waals surface area contributed by atoms with Gasteiger partial charge in [0.05, 0.1) is 5.41 Å². The molecule has 1 aliphatic rings. The molecule has 86 valence electrons. The zero-order chi connectivity index (χ0) is 11.4. The summed E-state index contributed by atoms with van der Waals surface area (Å²) in [4.78, 5) is 12.0. The Labute approximate surface area is 95.2 Å². The minimum absolute atomic E-state index is 0.0831. The van der Waals surface area contributed by atoms with Crippen LogP contribution in [0.3, 0.4) is 0 Å². The van der Waals surface area contributed by atoms with Gasteiger partial charge in [-0.05, 0) is 31.5 Å². The van der Waals surface area contributed by atoms with Crippen molar-refractivity contribution in [3.8, 4) is 0 Å². The van der Waals surface area contributed by atoms with Crippen molar-refractivity contribution in [1.29, 1.82) is 0 Å². The van der Waals surface area contributed by atoms with Gasteiger partial charge >= 0.3 is 0 Å². The molecule has 1 saturated heterocycles. The molecule has 0 unspecified atom stereocenters. The van der Waals surface area contributed by atoms with Crippen LogP contribution in [-0.4, -0.2) is 19.0 Å². The summed E-state index contributed by atoms with van der Waals surface area (Å²) in [6.45, 7) is 1.70. The van der Waals surface area contributed by atoms with Crippen LogP contribution < -0.4 is 16.6 Å². The van der Waals surface area contributed by atoms with Crippen molar-refractivity contribution in [3.63, 3.8) is 0 Å². The van der Waals surface area contributed by atoms with Crippen LogP contribution in [0.4, 0.5) is 0 Å². The van der Waals surface area contributed by atoms with Crippen LogP contribution in [-0.2, 0) is 10.2 Å². The van der Waals surface area contributed by atoms with E-state index in [0.717, 1.165) is 31.5 Å². The number of hydrogen-bond donors (Lipinski definition) is 3. The molecule has 16 heavy (non-hydrogen) atoms. The van der Waals surface area contributed by atoms with Crippen molar-refractivity contribution in [2.45, 2.75) is 18.3 Å². The summed E-state index contributed by atoms with van der Waals surface area (Å²) in [5, 5.41) is 3.27. The van der Waals surface area contributed by atoms with E-state index >= 15 is 0 Å². The van der Waals surface area contributed by atoms with Crippen LogP contribution in [0.2, 0.25) is 0 Å². The molecule has 1 aromatic rings. The Morgan fingerprint density at radius 2 is 1.88 bits per heavy atom. The highest BCUT2D eigenvalue weighted by molar-refractivity contribution is 5.87. The quantitative estimate of drug-likeness (QED) is 0.381. The molecule has 2 rings (SSSR count). The molecule has 4 nitrogen and oxygen atoms in total. The second-order valence-electron chi connectivity index (χ2n) is 4.17. The number of carbonyl (C=O) groups is 1. The molecule has 0 aliphatic carbocycles. The highest BCUT2D eigenvalue weighted by atomic mass is 16.2. The molecule has 4 heteroatoms. The third-order valence-electron chi connectivity index (χ3n) is 3.35. The SMILES string of the molecule is NNC(=O)C1(c2ccccc2)CCNCC1. The summed E-state index contributed by atoms with van der Waals surface area (Å²) >= 11 is 0. The Kier molecular flexibility index (Phi) is 3.22. The largest absolute Gasteiger partial charge is 0.317 e. The third kappa shape index (κ3) is 1.81. The van der Waals surface area contributed by atoms with Gasteiger partial charge in [-0.1, -0.05) is 30.3 Å². The third-order valence-corrected chi connectivity index (χ3v) is 3.35. The molecule has 1 fully saturated rings. The number of hydrazine groups is 1. The minimum atomic E-state index is -0.457. The number of nitrogens with two attached hydrogens (primary N) is 1. The molecule has 1 aromatic carbocycles. The average Bonchev–Trinajstić information content (AvgIpc) is 2.39. The Bertz CT molecular complexity index is 358. The number of nitrogens with one attached hydrogen (secondary N) is 2. The van der Waals surface area contributed by atoms with Gasteiger partial charge in [0, 0.05) is 0 Å². The molecule has 0 aromatic heterocycles. The van der Waals surface area contributed by atoms with Gasteiger partial charge in [0.2, 0.25) is 5.91 Å². The van der Waals surface area contributed by atoms with Gasteiger partial charge in [0.1, 0.15) is 0 Å². The van der Waals surface area contributed by atoms with E-state index < -0.39 is 5.41 Å². The Balaban J connectivity index is 2.38. The van der Waals surface area contributed by atoms with Crippen molar-refractivity contribution < 1.29 is 4.79 Å². The zero-order valence-corrected chi connectivity index (χ0v) is 9.20. The second-order valence-corrected chi connectivity index (χ2v) is 4.17. The van der Waals surface area contributed by atoms with E-state index in [-0.39, 0.29) is 5.91 Å². The maximum Gasteiger partial charge on any atom is 0.244 e. The number of amides is 1. The predicted octanol–water partition coefficient (Wildman–Crippen LogP) is 0.298. The van der Waals surface area contributed by atoms with Gasteiger partial charge in [-0.15, -0.1) is 0 Å². The molecule has 1 amide bonds. The van der Waals surface area contributed by atoms with E-state index in [1.165, 1.54) is 0 Å². The second kappa shape index (κ2) is 4.63. The summed E-state index contributed by atoms with van der Waals surface area (Å²) in [6.07, 6.45) is 1.58. The van der Waals surface area contributed by atoms with Gasteiger partial charge in [0.15, 0.2) is 0 Å². The first-order valence-corrected chi connectivity index (χ1v) is 5.57. The lowest BCUT2D eigenvalue weighted by molar-refractivity contribution is -0.127. The fourth-order valence-corrected chi connectivity index (χ4v) is 2.40. The van der Waals surface area contributed by atoms with Crippen molar-refractivity contribution in [2.75, 3.05) is 13.1 Å². The van der Waals surface area contributed by atoms with E-state index in [1.807, 2.05) is 30.3 Å². The van der Waals surface area contributed by atoms with Crippen molar-refractivity contribution in [2.24, 2.45) is 5.84 Å². The van der Waals surface area contributed by atoms with Gasteiger partial charge in [0.25, 0.3) is 0 Å². The van der Waals surface area contributed by atoms with Gasteiger partial charge < -0.3 is 5.32 Å². The predicted molar refractivity (Wildman–Crippen MR) is 62.6 cm³/mol. The number of carbonyl (C=O) groups excluding carboxylic acids is 1. The van der Waals surface area contributed by atoms with Crippen molar-refractivity contribution in [1.82, 2.24) is 10.7 Å². The Hall–Kier alpha value is -1.39. The van der Waals surface area contributed by atoms with E-state index in [4.69, 9.17) is 5.84 Å². The molecule has 4 N–H and O–H groups in total. The number of rotatable bonds is 2. The maximum absolute atomic E-state index is 12.0. The van der Waals surface area contributed by atoms with Gasteiger partial charge in [-0.3, -0.25) is 10.2 Å². The average molecular weight is 219 g/mol. The topological polar surface area (TPSA) is 67.1 Å². The Morgan fingerprint density at radius 3 is 2.44 bits per heavy atom. The molecule has 0 saturated carbocycles. The molecule has 1 aliphatic heterocycles. The fraction of sp³-hybridized carbons (Fsp3) is 0.417. The molecule has 0 bridgehead atoms. The first-order valence-electron chi connectivity index (χ1n) is 5.57. The molecule has 0 atom stereocenters. The highest BCUT2D eigenvalue weighted by Gasteiger charge is 2.40. The standard InChI is InChI=1S/C12H17N3O/c13-15-11(16)12(6-8-14-9-7-12)10-4-2-1-3-5-10/h1-5,14H,6-9,13H2,(H,15,16). The lowest BCUT2D eigenvalue weighted by atomic mass is 9.72. The Morgan fingerprint density at radius 1 is 1.25 bits per heavy atom. The molecule has 0 radical (unpaired) electrons. The van der Waals surface area contributed by atoms with Crippen LogP contribution in [0.25, 0.3) is 0 Å². The number of hydrogen-bond acceptors (Lipinski definition) is 3. The monoisotopic (exact) mass is 219 g/mol. The summed E-state index contributed by atoms with van der Waals surface area (Å²) in [5.74, 6) is 5.22. The lowest BCUT2D eigenvalue weighted by Crippen LogP contribution is -2.52. The smallest absolute Gasteiger partial charge is 0.244 e. The molecular formula is C12H17N3O. The molecule has 0 spiro atoms. The minimum Gasteiger partial charge on any atom is -0.317 e. The maximum atomic E-state index is 12.0. The zero-order valence-electron chi connectivity index (χ0n) is 9.20. The van der Waals surface area contributed by atoms with E-state index in [1.54, 1.807) is 0 Å². The first kappa shape index (κ1) is 11.1. The highest BCUT2D eigenvalue weighted by Crippen LogP contribution is 2.33. The van der Waals surface area contributed by atoms with Gasteiger partial charge in [-0.25, -0.2) is 5.84 Å². The molecule has 1 heterocycles. The van der Waals surface area contributed by atoms with Crippen molar-refractivity contribution in [3.05, 3.63) is 35.9 Å². The van der Waals surface area contributed by atoms with Crippen LogP contribution in [0, 0.1) is 0 Å². The van der Waals surface area contributed by atoms with E-state index in [9.17, 15) is 4.79 Å². The number of benzene rings is 1. The van der Waals surface area contributed by atoms with Crippen LogP contribution in [0.5, 0.6) is 0 Å². The van der Waals surface area contributed by atoms with E-state index in [0.29, 0.717) is 0 Å². The lowest BCUT2D eigenvalue weighted by Gasteiger charge is -2.36. The van der Waals surface area contributed by atoms with Crippen LogP contribution >= 0.6 is 0 Å². The fourth-order valence-electron chi connectivity index (χ4n) is 2.40. The summed E-state index contributed by atoms with van der Waals surface area (Å²) in [5.41, 5.74) is 2.91. The summed E-state index contributed by atoms with van der Waals surface area (Å²) in [7, 11) is 0. The molecular weight excluding hydrogens is 202 g/mol. The van der Waals surface area contributed by atoms with Crippen LogP contribution in [0.15, 0.2) is 30.3 Å². The van der Waals surface area contributed by atoms with E-state index in [2.05, 4.69) is 10.7 Å². The normalized spacial score (nSPS) is 19.1. The summed E-state index contributed by atoms with van der Waals surface area (Å²) < 4.78 is 0. The van der Waals surface area contributed by atoms with Crippen molar-refractivity contribution >= 4 is 5.91 Å². The summed E-state index contributed by atoms with van der Waals surface area (Å²) in [6, 6.07) is 9.88. The van der Waals surface area contributed by atoms with Crippen LogP contribution in [0.1, 0.15) is 18.4 Å².